The molecule has 3 N–H and O–H groups in total. The number of Topliss-reactive ketones (excluding diaryl/α,β-unsaturated/α-hetero) is 2. The fraction of sp³-hybridized carbons (Fsp3) is 0.478. The highest BCUT2D eigenvalue weighted by molar-refractivity contribution is 6.22. The van der Waals surface area contributed by atoms with Crippen LogP contribution >= 0.6 is 0 Å². The summed E-state index contributed by atoms with van der Waals surface area (Å²) >= 11 is 0. The standard InChI is InChI=1S/C23H30N4O3/c28-12-11-27-9-7-26(8-10-27)6-5-24-16-20-22(29)14-19(15-23(20)30)18-2-1-17-3-4-25-21(17)13-18/h1-4,13,16,19,24-25,28H,5-12,14-15H2. The monoisotopic (exact) mass is 410 g/mol. The molecule has 160 valence electrons. The van der Waals surface area contributed by atoms with E-state index in [1.807, 2.05) is 30.5 Å². The van der Waals surface area contributed by atoms with Gasteiger partial charge in [-0.15, -0.1) is 0 Å². The molecule has 30 heavy (non-hydrogen) atoms. The molecule has 2 heterocycles. The number of hydrogen-bond acceptors (Lipinski definition) is 6. The van der Waals surface area contributed by atoms with Gasteiger partial charge in [0.2, 0.25) is 0 Å². The molecule has 1 aromatic carbocycles. The molecule has 7 nitrogen and oxygen atoms in total. The number of rotatable bonds is 7. The minimum atomic E-state index is -0.0760. The van der Waals surface area contributed by atoms with Gasteiger partial charge in [0, 0.05) is 76.6 Å². The van der Waals surface area contributed by atoms with Gasteiger partial charge in [-0.3, -0.25) is 19.4 Å². The normalized spacial score (nSPS) is 21.4. The molecule has 2 aliphatic rings. The van der Waals surface area contributed by atoms with E-state index < -0.39 is 0 Å². The Morgan fingerprint density at radius 1 is 1.03 bits per heavy atom. The number of allylic oxidation sites excluding steroid dienone is 1. The van der Waals surface area contributed by atoms with Crippen molar-refractivity contribution in [2.24, 2.45) is 0 Å². The van der Waals surface area contributed by atoms with Gasteiger partial charge in [0.1, 0.15) is 0 Å². The van der Waals surface area contributed by atoms with Crippen LogP contribution in [-0.2, 0) is 9.59 Å². The second-order valence-electron chi connectivity index (χ2n) is 8.19. The summed E-state index contributed by atoms with van der Waals surface area (Å²) in [6.45, 7) is 6.41. The molecule has 0 bridgehead atoms. The van der Waals surface area contributed by atoms with Crippen LogP contribution < -0.4 is 5.32 Å². The number of carbonyl (C=O) groups excluding carboxylic acids is 2. The van der Waals surface area contributed by atoms with Gasteiger partial charge >= 0.3 is 0 Å². The maximum absolute atomic E-state index is 12.6. The average Bonchev–Trinajstić information content (AvgIpc) is 3.22. The summed E-state index contributed by atoms with van der Waals surface area (Å²) in [6.07, 6.45) is 4.26. The molecule has 1 aliphatic carbocycles. The lowest BCUT2D eigenvalue weighted by Crippen LogP contribution is -2.48. The van der Waals surface area contributed by atoms with Crippen LogP contribution in [0.25, 0.3) is 10.9 Å². The smallest absolute Gasteiger partial charge is 0.168 e. The predicted molar refractivity (Wildman–Crippen MR) is 116 cm³/mol. The van der Waals surface area contributed by atoms with Crippen molar-refractivity contribution in [3.05, 3.63) is 47.8 Å². The van der Waals surface area contributed by atoms with Gasteiger partial charge in [-0.25, -0.2) is 0 Å². The average molecular weight is 411 g/mol. The maximum Gasteiger partial charge on any atom is 0.168 e. The van der Waals surface area contributed by atoms with Crippen molar-refractivity contribution in [2.45, 2.75) is 18.8 Å². The van der Waals surface area contributed by atoms with Crippen molar-refractivity contribution in [1.82, 2.24) is 20.1 Å². The number of fused-ring (bicyclic) bond motifs is 1. The van der Waals surface area contributed by atoms with Crippen LogP contribution in [0.1, 0.15) is 24.3 Å². The number of aliphatic hydroxyl groups excluding tert-OH is 1. The third-order valence-corrected chi connectivity index (χ3v) is 6.21. The molecule has 1 aromatic heterocycles. The summed E-state index contributed by atoms with van der Waals surface area (Å²) < 4.78 is 0. The van der Waals surface area contributed by atoms with E-state index in [1.165, 1.54) is 0 Å². The van der Waals surface area contributed by atoms with E-state index in [1.54, 1.807) is 6.20 Å². The summed E-state index contributed by atoms with van der Waals surface area (Å²) in [4.78, 5) is 33.1. The minimum absolute atomic E-state index is 0.0509. The Kier molecular flexibility index (Phi) is 6.62. The molecule has 0 radical (unpaired) electrons. The topological polar surface area (TPSA) is 88.7 Å². The Balaban J connectivity index is 1.27. The first-order valence-electron chi connectivity index (χ1n) is 10.8. The van der Waals surface area contributed by atoms with E-state index in [-0.39, 0.29) is 24.1 Å². The molecule has 0 unspecified atom stereocenters. The van der Waals surface area contributed by atoms with Crippen molar-refractivity contribution in [1.29, 1.82) is 0 Å². The lowest BCUT2D eigenvalue weighted by atomic mass is 9.80. The van der Waals surface area contributed by atoms with E-state index in [4.69, 9.17) is 5.11 Å². The number of nitrogens with zero attached hydrogens (tertiary/aromatic N) is 2. The fourth-order valence-corrected chi connectivity index (χ4v) is 4.39. The second-order valence-corrected chi connectivity index (χ2v) is 8.19. The fourth-order valence-electron chi connectivity index (χ4n) is 4.39. The van der Waals surface area contributed by atoms with Crippen molar-refractivity contribution >= 4 is 22.5 Å². The number of carbonyl (C=O) groups is 2. The zero-order valence-corrected chi connectivity index (χ0v) is 17.3. The number of ketones is 2. The minimum Gasteiger partial charge on any atom is -0.395 e. The summed E-state index contributed by atoms with van der Waals surface area (Å²) in [5.41, 5.74) is 2.38. The summed E-state index contributed by atoms with van der Waals surface area (Å²) in [6, 6.07) is 8.12. The highest BCUT2D eigenvalue weighted by Gasteiger charge is 2.31. The van der Waals surface area contributed by atoms with Crippen LogP contribution in [0.5, 0.6) is 0 Å². The van der Waals surface area contributed by atoms with Gasteiger partial charge < -0.3 is 15.4 Å². The number of hydrogen-bond donors (Lipinski definition) is 3. The van der Waals surface area contributed by atoms with Gasteiger partial charge in [0.25, 0.3) is 0 Å². The summed E-state index contributed by atoms with van der Waals surface area (Å²) in [7, 11) is 0. The Labute approximate surface area is 176 Å². The van der Waals surface area contributed by atoms with Gasteiger partial charge in [-0.2, -0.15) is 0 Å². The number of aromatic amines is 1. The molecule has 1 saturated heterocycles. The first-order chi connectivity index (χ1) is 14.6. The number of piperazine rings is 1. The number of nitrogens with one attached hydrogen (secondary N) is 2. The molecule has 0 atom stereocenters. The van der Waals surface area contributed by atoms with E-state index in [0.717, 1.165) is 55.7 Å². The highest BCUT2D eigenvalue weighted by atomic mass is 16.3. The largest absolute Gasteiger partial charge is 0.395 e. The SMILES string of the molecule is O=C1CC(c2ccc3cc[nH]c3c2)CC(=O)C1=CNCCN1CCN(CCO)CC1. The number of benzene rings is 1. The Morgan fingerprint density at radius 2 is 1.73 bits per heavy atom. The number of aliphatic hydroxyl groups is 1. The van der Waals surface area contributed by atoms with Gasteiger partial charge in [-0.05, 0) is 29.0 Å². The zero-order chi connectivity index (χ0) is 20.9. The maximum atomic E-state index is 12.6. The zero-order valence-electron chi connectivity index (χ0n) is 17.3. The molecule has 0 spiro atoms. The molecule has 2 fully saturated rings. The molecule has 1 saturated carbocycles. The molecular formula is C23H30N4O3. The quantitative estimate of drug-likeness (QED) is 0.362. The van der Waals surface area contributed by atoms with Crippen LogP contribution in [0.2, 0.25) is 0 Å². The third kappa shape index (κ3) is 4.80. The lowest BCUT2D eigenvalue weighted by molar-refractivity contribution is -0.124. The summed E-state index contributed by atoms with van der Waals surface area (Å²) in [5, 5.41) is 13.3. The van der Waals surface area contributed by atoms with Crippen molar-refractivity contribution in [3.8, 4) is 0 Å². The molecule has 0 amide bonds. The molecule has 2 aromatic rings. The van der Waals surface area contributed by atoms with Crippen LogP contribution in [0.3, 0.4) is 0 Å². The highest BCUT2D eigenvalue weighted by Crippen LogP contribution is 2.32. The van der Waals surface area contributed by atoms with Crippen LogP contribution in [0, 0.1) is 0 Å². The third-order valence-electron chi connectivity index (χ3n) is 6.21. The van der Waals surface area contributed by atoms with Gasteiger partial charge in [-0.1, -0.05) is 12.1 Å². The number of H-pyrrole nitrogens is 1. The second kappa shape index (κ2) is 9.55. The van der Waals surface area contributed by atoms with Crippen molar-refractivity contribution in [2.75, 3.05) is 52.4 Å². The number of aromatic nitrogens is 1. The Bertz CT molecular complexity index is 907. The summed E-state index contributed by atoms with van der Waals surface area (Å²) in [5.74, 6) is -0.203. The molecule has 7 heteroatoms. The molecular weight excluding hydrogens is 380 g/mol. The van der Waals surface area contributed by atoms with E-state index >= 15 is 0 Å². The van der Waals surface area contributed by atoms with Gasteiger partial charge in [0.05, 0.1) is 12.2 Å². The van der Waals surface area contributed by atoms with E-state index in [9.17, 15) is 9.59 Å². The first kappa shape index (κ1) is 20.8. The van der Waals surface area contributed by atoms with Gasteiger partial charge in [0.15, 0.2) is 11.6 Å². The van der Waals surface area contributed by atoms with Crippen LogP contribution in [0.15, 0.2) is 42.2 Å². The lowest BCUT2D eigenvalue weighted by Gasteiger charge is -2.34. The van der Waals surface area contributed by atoms with Crippen molar-refractivity contribution < 1.29 is 14.7 Å². The van der Waals surface area contributed by atoms with E-state index in [0.29, 0.717) is 25.0 Å². The molecule has 1 aliphatic heterocycles. The molecule has 4 rings (SSSR count). The first-order valence-corrected chi connectivity index (χ1v) is 10.8. The van der Waals surface area contributed by atoms with Crippen LogP contribution in [-0.4, -0.2) is 83.9 Å². The predicted octanol–water partition coefficient (Wildman–Crippen LogP) is 1.27. The number of β-amino-alcohol motifs (C(OH)–C–C–N with tert-alkyl or cyclic N) is 1. The Hall–Kier alpha value is -2.48. The van der Waals surface area contributed by atoms with Crippen LogP contribution in [0.4, 0.5) is 0 Å². The Morgan fingerprint density at radius 3 is 2.43 bits per heavy atom. The van der Waals surface area contributed by atoms with E-state index in [2.05, 4.69) is 20.1 Å². The van der Waals surface area contributed by atoms with Crippen molar-refractivity contribution in [3.63, 3.8) is 0 Å².